The van der Waals surface area contributed by atoms with E-state index in [-0.39, 0.29) is 0 Å². The lowest BCUT2D eigenvalue weighted by Crippen LogP contribution is -2.32. The lowest BCUT2D eigenvalue weighted by atomic mass is 9.84. The number of hydrogen-bond acceptors (Lipinski definition) is 8. The van der Waals surface area contributed by atoms with E-state index >= 15 is 0 Å². The van der Waals surface area contributed by atoms with Gasteiger partial charge in [-0.1, -0.05) is 30.3 Å². The van der Waals surface area contributed by atoms with E-state index in [4.69, 9.17) is 23.7 Å². The van der Waals surface area contributed by atoms with Gasteiger partial charge in [-0.3, -0.25) is 0 Å². The number of nitrogens with one attached hydrogen (secondary N) is 1. The molecule has 0 aliphatic carbocycles. The summed E-state index contributed by atoms with van der Waals surface area (Å²) >= 11 is 0. The van der Waals surface area contributed by atoms with E-state index in [9.17, 15) is 0 Å². The van der Waals surface area contributed by atoms with Crippen LogP contribution < -0.4 is 29.0 Å². The average molecular weight is 499 g/mol. The topological polar surface area (TPSA) is 88.9 Å². The predicted molar refractivity (Wildman–Crippen MR) is 138 cm³/mol. The van der Waals surface area contributed by atoms with Crippen molar-refractivity contribution in [3.8, 4) is 28.7 Å². The molecule has 188 valence electrons. The number of anilines is 1. The highest BCUT2D eigenvalue weighted by atomic mass is 16.5. The summed E-state index contributed by atoms with van der Waals surface area (Å²) in [7, 11) is 6.46. The molecule has 3 aromatic carbocycles. The molecular formula is C28H26N4O5. The summed E-state index contributed by atoms with van der Waals surface area (Å²) in [5.41, 5.74) is 4.58. The second-order valence-electron chi connectivity index (χ2n) is 8.58. The third kappa shape index (κ3) is 3.54. The zero-order valence-corrected chi connectivity index (χ0v) is 20.9. The first-order chi connectivity index (χ1) is 18.2. The zero-order chi connectivity index (χ0) is 25.5. The Balaban J connectivity index is 1.65. The van der Waals surface area contributed by atoms with E-state index in [1.54, 1.807) is 28.4 Å². The van der Waals surface area contributed by atoms with E-state index in [2.05, 4.69) is 15.4 Å². The fourth-order valence-corrected chi connectivity index (χ4v) is 5.14. The van der Waals surface area contributed by atoms with Crippen LogP contribution in [0.5, 0.6) is 28.7 Å². The van der Waals surface area contributed by atoms with Crippen molar-refractivity contribution >= 4 is 11.6 Å². The summed E-state index contributed by atoms with van der Waals surface area (Å²) in [5, 5.41) is 8.11. The van der Waals surface area contributed by atoms with Crippen LogP contribution in [0, 0.1) is 0 Å². The van der Waals surface area contributed by atoms with Crippen LogP contribution in [-0.2, 0) is 0 Å². The van der Waals surface area contributed by atoms with Crippen LogP contribution in [0.3, 0.4) is 0 Å². The smallest absolute Gasteiger partial charge is 0.226 e. The quantitative estimate of drug-likeness (QED) is 0.403. The Kier molecular flexibility index (Phi) is 5.60. The second kappa shape index (κ2) is 9.09. The molecule has 0 fully saturated rings. The molecule has 2 aliphatic heterocycles. The van der Waals surface area contributed by atoms with E-state index < -0.39 is 12.1 Å². The number of hydrogen-bond donors (Lipinski definition) is 1. The highest BCUT2D eigenvalue weighted by Gasteiger charge is 2.42. The molecule has 0 saturated carbocycles. The molecular weight excluding hydrogens is 472 g/mol. The van der Waals surface area contributed by atoms with E-state index in [1.165, 1.54) is 6.33 Å². The fourth-order valence-electron chi connectivity index (χ4n) is 5.14. The van der Waals surface area contributed by atoms with Gasteiger partial charge in [-0.25, -0.2) is 4.68 Å². The summed E-state index contributed by atoms with van der Waals surface area (Å²) in [6.45, 7) is 0. The van der Waals surface area contributed by atoms with Gasteiger partial charge in [-0.2, -0.15) is 10.1 Å². The van der Waals surface area contributed by atoms with Gasteiger partial charge < -0.3 is 29.0 Å². The summed E-state index contributed by atoms with van der Waals surface area (Å²) in [5.74, 6) is 3.72. The van der Waals surface area contributed by atoms with Gasteiger partial charge in [0.25, 0.3) is 0 Å². The van der Waals surface area contributed by atoms with Crippen molar-refractivity contribution in [1.29, 1.82) is 0 Å². The van der Waals surface area contributed by atoms with Gasteiger partial charge >= 0.3 is 0 Å². The van der Waals surface area contributed by atoms with Gasteiger partial charge in [-0.05, 0) is 35.9 Å². The molecule has 1 N–H and O–H groups in total. The lowest BCUT2D eigenvalue weighted by molar-refractivity contribution is 0.217. The van der Waals surface area contributed by atoms with Gasteiger partial charge in [0, 0.05) is 16.7 Å². The number of ether oxygens (including phenoxy) is 5. The van der Waals surface area contributed by atoms with Gasteiger partial charge in [0.1, 0.15) is 23.9 Å². The van der Waals surface area contributed by atoms with Crippen molar-refractivity contribution < 1.29 is 23.7 Å². The summed E-state index contributed by atoms with van der Waals surface area (Å²) in [6.07, 6.45) is 1.06. The zero-order valence-electron chi connectivity index (χ0n) is 20.9. The highest BCUT2D eigenvalue weighted by molar-refractivity contribution is 5.85. The van der Waals surface area contributed by atoms with Crippen LogP contribution in [0.25, 0.3) is 5.70 Å². The molecule has 9 heteroatoms. The minimum Gasteiger partial charge on any atom is -0.496 e. The summed E-state index contributed by atoms with van der Waals surface area (Å²) < 4.78 is 31.3. The Hall–Kier alpha value is -4.66. The number of para-hydroxylation sites is 2. The highest BCUT2D eigenvalue weighted by Crippen LogP contribution is 2.53. The Bertz CT molecular complexity index is 1490. The van der Waals surface area contributed by atoms with E-state index in [0.717, 1.165) is 39.5 Å². The van der Waals surface area contributed by atoms with Crippen molar-refractivity contribution in [1.82, 2.24) is 14.8 Å². The second-order valence-corrected chi connectivity index (χ2v) is 8.58. The molecule has 0 amide bonds. The van der Waals surface area contributed by atoms with Crippen LogP contribution in [0.15, 0.2) is 72.6 Å². The van der Waals surface area contributed by atoms with Gasteiger partial charge in [0.15, 0.2) is 17.6 Å². The maximum absolute atomic E-state index is 6.70. The number of methoxy groups -OCH3 is 4. The first-order valence-corrected chi connectivity index (χ1v) is 11.8. The van der Waals surface area contributed by atoms with E-state index in [1.807, 2.05) is 65.3 Å². The van der Waals surface area contributed by atoms with Crippen molar-refractivity contribution in [3.63, 3.8) is 0 Å². The van der Waals surface area contributed by atoms with Crippen LogP contribution in [0.2, 0.25) is 0 Å². The Morgan fingerprint density at radius 2 is 1.54 bits per heavy atom. The maximum atomic E-state index is 6.70. The van der Waals surface area contributed by atoms with E-state index in [0.29, 0.717) is 23.2 Å². The van der Waals surface area contributed by atoms with Gasteiger partial charge in [-0.15, -0.1) is 0 Å². The summed E-state index contributed by atoms with van der Waals surface area (Å²) in [4.78, 5) is 4.50. The van der Waals surface area contributed by atoms with Crippen LogP contribution in [0.1, 0.15) is 28.8 Å². The molecule has 6 rings (SSSR count). The molecule has 3 heterocycles. The summed E-state index contributed by atoms with van der Waals surface area (Å²) in [6, 6.07) is 19.3. The average Bonchev–Trinajstić information content (AvgIpc) is 3.43. The van der Waals surface area contributed by atoms with Crippen molar-refractivity contribution in [2.75, 3.05) is 33.8 Å². The van der Waals surface area contributed by atoms with Crippen LogP contribution in [0.4, 0.5) is 5.95 Å². The molecule has 4 aromatic rings. The molecule has 1 aromatic heterocycles. The first-order valence-electron chi connectivity index (χ1n) is 11.8. The van der Waals surface area contributed by atoms with Crippen molar-refractivity contribution in [2.24, 2.45) is 0 Å². The molecule has 0 saturated heterocycles. The van der Waals surface area contributed by atoms with Crippen molar-refractivity contribution in [3.05, 3.63) is 89.3 Å². The number of nitrogens with zero attached hydrogens (tertiary/aromatic N) is 3. The molecule has 2 aliphatic rings. The Morgan fingerprint density at radius 1 is 0.838 bits per heavy atom. The molecule has 0 spiro atoms. The van der Waals surface area contributed by atoms with Gasteiger partial charge in [0.2, 0.25) is 11.7 Å². The van der Waals surface area contributed by atoms with Crippen molar-refractivity contribution in [2.45, 2.75) is 12.1 Å². The predicted octanol–water partition coefficient (Wildman–Crippen LogP) is 4.87. The maximum Gasteiger partial charge on any atom is 0.226 e. The molecule has 2 unspecified atom stereocenters. The van der Waals surface area contributed by atoms with Gasteiger partial charge in [0.05, 0.1) is 34.1 Å². The monoisotopic (exact) mass is 498 g/mol. The molecule has 2 atom stereocenters. The molecule has 37 heavy (non-hydrogen) atoms. The molecule has 9 nitrogen and oxygen atoms in total. The number of aromatic nitrogens is 3. The molecule has 0 bridgehead atoms. The standard InChI is InChI=1S/C28H26N4O5/c1-33-19-11-7-6-10-18(19)26-23-24(17-9-5-8-12-20(17)37-26)31-28-29-15-30-32(28)25(23)16-13-21(34-2)27(36-4)22(14-16)35-3/h5-15,25-26H,1-4H3,(H,29,30,31). The minimum atomic E-state index is -0.477. The number of rotatable bonds is 6. The molecule has 0 radical (unpaired) electrons. The Morgan fingerprint density at radius 3 is 2.27 bits per heavy atom. The normalized spacial score (nSPS) is 17.5. The Labute approximate surface area is 214 Å². The minimum absolute atomic E-state index is 0.397. The number of benzene rings is 3. The van der Waals surface area contributed by atoms with Crippen LogP contribution in [-0.4, -0.2) is 43.2 Å². The fraction of sp³-hybridized carbons (Fsp3) is 0.214. The third-order valence-corrected chi connectivity index (χ3v) is 6.75. The number of fused-ring (bicyclic) bond motifs is 3. The third-order valence-electron chi connectivity index (χ3n) is 6.75. The largest absolute Gasteiger partial charge is 0.496 e. The lowest BCUT2D eigenvalue weighted by Gasteiger charge is -2.39. The first kappa shape index (κ1) is 22.8. The SMILES string of the molecule is COc1ccccc1C1Oc2ccccc2C2=C1C(c1cc(OC)c(OC)c(OC)c1)n1ncnc1N2. The van der Waals surface area contributed by atoms with Crippen LogP contribution >= 0.6 is 0 Å².